The molecule has 1 rings (SSSR count). The lowest BCUT2D eigenvalue weighted by atomic mass is 9.87. The van der Waals surface area contributed by atoms with Crippen molar-refractivity contribution in [3.05, 3.63) is 0 Å². The molecule has 1 heteroatoms. The number of hydrogen-bond donors (Lipinski definition) is 1. The largest absolute Gasteiger partial charge is 0.314 e. The van der Waals surface area contributed by atoms with Gasteiger partial charge < -0.3 is 5.32 Å². The first-order chi connectivity index (χ1) is 6.33. The Morgan fingerprint density at radius 2 is 1.62 bits per heavy atom. The smallest absolute Gasteiger partial charge is 0.00672 e. The van der Waals surface area contributed by atoms with Crippen molar-refractivity contribution in [2.24, 2.45) is 5.92 Å². The summed E-state index contributed by atoms with van der Waals surface area (Å²) in [5, 5.41) is 3.59. The molecule has 0 saturated heterocycles. The van der Waals surface area contributed by atoms with Crippen LogP contribution in [-0.2, 0) is 0 Å². The zero-order chi connectivity index (χ0) is 10.1. The van der Waals surface area contributed by atoms with Gasteiger partial charge in [0.2, 0.25) is 0 Å². The standard InChI is InChI=1S/C10H21N.C2H6/c1-3-8-11-10-6-4-9(2)5-7-10;1-2/h9-11H,3-8H2,1-2H3;1-2H3. The minimum atomic E-state index is 0.839. The van der Waals surface area contributed by atoms with E-state index >= 15 is 0 Å². The Kier molecular flexibility index (Phi) is 8.53. The summed E-state index contributed by atoms with van der Waals surface area (Å²) in [5.41, 5.74) is 0. The van der Waals surface area contributed by atoms with Crippen LogP contribution in [0.2, 0.25) is 0 Å². The molecule has 0 spiro atoms. The van der Waals surface area contributed by atoms with E-state index in [1.807, 2.05) is 13.8 Å². The van der Waals surface area contributed by atoms with Crippen molar-refractivity contribution in [3.63, 3.8) is 0 Å². The van der Waals surface area contributed by atoms with Gasteiger partial charge >= 0.3 is 0 Å². The molecule has 0 aromatic rings. The predicted molar refractivity (Wildman–Crippen MR) is 61.1 cm³/mol. The van der Waals surface area contributed by atoms with Crippen LogP contribution in [0.15, 0.2) is 0 Å². The number of rotatable bonds is 3. The van der Waals surface area contributed by atoms with E-state index in [0.29, 0.717) is 0 Å². The highest BCUT2D eigenvalue weighted by molar-refractivity contribution is 4.74. The Balaban J connectivity index is 0.000000671. The quantitative estimate of drug-likeness (QED) is 0.708. The molecule has 13 heavy (non-hydrogen) atoms. The van der Waals surface area contributed by atoms with Crippen LogP contribution >= 0.6 is 0 Å². The minimum Gasteiger partial charge on any atom is -0.314 e. The summed E-state index contributed by atoms with van der Waals surface area (Å²) in [6.45, 7) is 9.81. The van der Waals surface area contributed by atoms with Gasteiger partial charge in [-0.25, -0.2) is 0 Å². The van der Waals surface area contributed by atoms with E-state index in [2.05, 4.69) is 19.2 Å². The van der Waals surface area contributed by atoms with E-state index in [1.54, 1.807) is 0 Å². The SMILES string of the molecule is CC.CCCNC1CCC(C)CC1. The van der Waals surface area contributed by atoms with E-state index in [0.717, 1.165) is 12.0 Å². The molecule has 0 heterocycles. The van der Waals surface area contributed by atoms with Crippen molar-refractivity contribution in [2.75, 3.05) is 6.54 Å². The van der Waals surface area contributed by atoms with Gasteiger partial charge in [0.1, 0.15) is 0 Å². The fourth-order valence-electron chi connectivity index (χ4n) is 1.81. The van der Waals surface area contributed by atoms with Gasteiger partial charge in [0.15, 0.2) is 0 Å². The highest BCUT2D eigenvalue weighted by atomic mass is 14.9. The summed E-state index contributed by atoms with van der Waals surface area (Å²) in [6.07, 6.45) is 6.94. The van der Waals surface area contributed by atoms with E-state index < -0.39 is 0 Å². The van der Waals surface area contributed by atoms with E-state index in [9.17, 15) is 0 Å². The minimum absolute atomic E-state index is 0.839. The third-order valence-corrected chi connectivity index (χ3v) is 2.70. The summed E-state index contributed by atoms with van der Waals surface area (Å²) in [5.74, 6) is 0.981. The highest BCUT2D eigenvalue weighted by Gasteiger charge is 2.16. The van der Waals surface area contributed by atoms with Crippen molar-refractivity contribution < 1.29 is 0 Å². The highest BCUT2D eigenvalue weighted by Crippen LogP contribution is 2.23. The van der Waals surface area contributed by atoms with Crippen molar-refractivity contribution in [2.45, 2.75) is 65.8 Å². The van der Waals surface area contributed by atoms with Crippen molar-refractivity contribution >= 4 is 0 Å². The third-order valence-electron chi connectivity index (χ3n) is 2.70. The molecule has 0 aromatic carbocycles. The maximum absolute atomic E-state index is 3.59. The summed E-state index contributed by atoms with van der Waals surface area (Å²) < 4.78 is 0. The second-order valence-electron chi connectivity index (χ2n) is 3.91. The van der Waals surface area contributed by atoms with Gasteiger partial charge in [0.05, 0.1) is 0 Å². The zero-order valence-corrected chi connectivity index (χ0v) is 9.90. The summed E-state index contributed by atoms with van der Waals surface area (Å²) >= 11 is 0. The van der Waals surface area contributed by atoms with Crippen molar-refractivity contribution in [3.8, 4) is 0 Å². The molecule has 1 fully saturated rings. The molecule has 0 aromatic heterocycles. The van der Waals surface area contributed by atoms with E-state index in [4.69, 9.17) is 0 Å². The zero-order valence-electron chi connectivity index (χ0n) is 9.90. The summed E-state index contributed by atoms with van der Waals surface area (Å²) in [4.78, 5) is 0. The first kappa shape index (κ1) is 13.0. The maximum Gasteiger partial charge on any atom is 0.00672 e. The lowest BCUT2D eigenvalue weighted by Crippen LogP contribution is -2.33. The first-order valence-corrected chi connectivity index (χ1v) is 6.06. The molecule has 1 aliphatic rings. The maximum atomic E-state index is 3.59. The van der Waals surface area contributed by atoms with Crippen molar-refractivity contribution in [1.82, 2.24) is 5.32 Å². The third kappa shape index (κ3) is 6.09. The molecular formula is C12H27N. The second kappa shape index (κ2) is 8.55. The van der Waals surface area contributed by atoms with Gasteiger partial charge in [-0.15, -0.1) is 0 Å². The van der Waals surface area contributed by atoms with E-state index in [1.165, 1.54) is 38.6 Å². The van der Waals surface area contributed by atoms with Gasteiger partial charge in [-0.1, -0.05) is 27.7 Å². The molecule has 1 aliphatic carbocycles. The fourth-order valence-corrected chi connectivity index (χ4v) is 1.81. The lowest BCUT2D eigenvalue weighted by molar-refractivity contribution is 0.308. The van der Waals surface area contributed by atoms with Gasteiger partial charge in [-0.05, 0) is 44.6 Å². The van der Waals surface area contributed by atoms with Crippen LogP contribution < -0.4 is 5.32 Å². The van der Waals surface area contributed by atoms with Crippen LogP contribution in [0.4, 0.5) is 0 Å². The van der Waals surface area contributed by atoms with Gasteiger partial charge in [-0.2, -0.15) is 0 Å². The summed E-state index contributed by atoms with van der Waals surface area (Å²) in [7, 11) is 0. The molecule has 0 bridgehead atoms. The average molecular weight is 185 g/mol. The molecule has 0 radical (unpaired) electrons. The predicted octanol–water partition coefficient (Wildman–Crippen LogP) is 3.59. The molecular weight excluding hydrogens is 158 g/mol. The van der Waals surface area contributed by atoms with Crippen LogP contribution in [0.1, 0.15) is 59.8 Å². The van der Waals surface area contributed by atoms with Crippen molar-refractivity contribution in [1.29, 1.82) is 0 Å². The van der Waals surface area contributed by atoms with Crippen LogP contribution in [0.25, 0.3) is 0 Å². The van der Waals surface area contributed by atoms with Gasteiger partial charge in [0.25, 0.3) is 0 Å². The lowest BCUT2D eigenvalue weighted by Gasteiger charge is -2.26. The Hall–Kier alpha value is -0.0400. The molecule has 0 unspecified atom stereocenters. The monoisotopic (exact) mass is 185 g/mol. The van der Waals surface area contributed by atoms with Crippen LogP contribution in [-0.4, -0.2) is 12.6 Å². The second-order valence-corrected chi connectivity index (χ2v) is 3.91. The first-order valence-electron chi connectivity index (χ1n) is 6.06. The Morgan fingerprint density at radius 1 is 1.08 bits per heavy atom. The van der Waals surface area contributed by atoms with Gasteiger partial charge in [-0.3, -0.25) is 0 Å². The normalized spacial score (nSPS) is 27.7. The molecule has 0 amide bonds. The Labute approximate surface area is 84.3 Å². The number of nitrogens with one attached hydrogen (secondary N) is 1. The molecule has 0 aliphatic heterocycles. The molecule has 1 N–H and O–H groups in total. The van der Waals surface area contributed by atoms with E-state index in [-0.39, 0.29) is 0 Å². The Bertz CT molecular complexity index is 90.5. The molecule has 80 valence electrons. The number of hydrogen-bond acceptors (Lipinski definition) is 1. The summed E-state index contributed by atoms with van der Waals surface area (Å²) in [6, 6.07) is 0.839. The fraction of sp³-hybridized carbons (Fsp3) is 1.00. The van der Waals surface area contributed by atoms with Crippen LogP contribution in [0.5, 0.6) is 0 Å². The molecule has 1 saturated carbocycles. The molecule has 1 nitrogen and oxygen atoms in total. The molecule has 0 atom stereocenters. The van der Waals surface area contributed by atoms with Gasteiger partial charge in [0, 0.05) is 6.04 Å². The average Bonchev–Trinajstić information content (AvgIpc) is 2.20. The van der Waals surface area contributed by atoms with Crippen LogP contribution in [0, 0.1) is 5.92 Å². The Morgan fingerprint density at radius 3 is 2.08 bits per heavy atom. The van der Waals surface area contributed by atoms with Crippen LogP contribution in [0.3, 0.4) is 0 Å². The topological polar surface area (TPSA) is 12.0 Å².